The lowest BCUT2D eigenvalue weighted by molar-refractivity contribution is 0.256. The Morgan fingerprint density at radius 1 is 1.09 bits per heavy atom. The molecule has 23 heavy (non-hydrogen) atoms. The standard InChI is InChI=1S/C18H18FN3O/c19-14-7-1-2-8-15(14)20-18(23)22-12-13-6-5-11-21(13)16-9-3-4-10-17(16)22/h1-4,7-10,13H,5-6,11-12H2,(H,20,23). The highest BCUT2D eigenvalue weighted by atomic mass is 19.1. The molecular formula is C18H18FN3O. The highest BCUT2D eigenvalue weighted by molar-refractivity contribution is 6.04. The number of anilines is 3. The molecule has 2 amide bonds. The molecule has 118 valence electrons. The first-order valence-corrected chi connectivity index (χ1v) is 7.93. The Labute approximate surface area is 134 Å². The number of urea groups is 1. The van der Waals surface area contributed by atoms with E-state index in [9.17, 15) is 9.18 Å². The van der Waals surface area contributed by atoms with Crippen LogP contribution in [0.2, 0.25) is 0 Å². The fraction of sp³-hybridized carbons (Fsp3) is 0.278. The van der Waals surface area contributed by atoms with Gasteiger partial charge in [-0.15, -0.1) is 0 Å². The third-order valence-electron chi connectivity index (χ3n) is 4.61. The van der Waals surface area contributed by atoms with Crippen LogP contribution < -0.4 is 15.1 Å². The van der Waals surface area contributed by atoms with Crippen molar-refractivity contribution in [1.82, 2.24) is 0 Å². The Balaban J connectivity index is 1.65. The zero-order chi connectivity index (χ0) is 15.8. The van der Waals surface area contributed by atoms with Crippen LogP contribution in [0.15, 0.2) is 48.5 Å². The summed E-state index contributed by atoms with van der Waals surface area (Å²) in [5.74, 6) is -0.423. The molecule has 2 aromatic carbocycles. The van der Waals surface area contributed by atoms with Gasteiger partial charge in [0.05, 0.1) is 17.1 Å². The van der Waals surface area contributed by atoms with Gasteiger partial charge in [-0.25, -0.2) is 9.18 Å². The summed E-state index contributed by atoms with van der Waals surface area (Å²) in [7, 11) is 0. The Kier molecular flexibility index (Phi) is 3.41. The molecule has 0 aliphatic carbocycles. The van der Waals surface area contributed by atoms with E-state index < -0.39 is 5.82 Å². The zero-order valence-corrected chi connectivity index (χ0v) is 12.7. The zero-order valence-electron chi connectivity index (χ0n) is 12.7. The van der Waals surface area contributed by atoms with Gasteiger partial charge >= 0.3 is 6.03 Å². The topological polar surface area (TPSA) is 35.6 Å². The molecule has 2 aliphatic rings. The molecule has 1 N–H and O–H groups in total. The summed E-state index contributed by atoms with van der Waals surface area (Å²) in [6.45, 7) is 1.67. The van der Waals surface area contributed by atoms with Gasteiger partial charge in [0.1, 0.15) is 5.82 Å². The lowest BCUT2D eigenvalue weighted by Crippen LogP contribution is -2.49. The summed E-state index contributed by atoms with van der Waals surface area (Å²) < 4.78 is 13.8. The van der Waals surface area contributed by atoms with Gasteiger partial charge in [-0.2, -0.15) is 0 Å². The number of carbonyl (C=O) groups excluding carboxylic acids is 1. The number of fused-ring (bicyclic) bond motifs is 3. The first-order valence-electron chi connectivity index (χ1n) is 7.93. The van der Waals surface area contributed by atoms with Gasteiger partial charge in [0, 0.05) is 19.1 Å². The summed E-state index contributed by atoms with van der Waals surface area (Å²) in [5, 5.41) is 2.69. The van der Waals surface area contributed by atoms with Crippen molar-refractivity contribution in [3.63, 3.8) is 0 Å². The third-order valence-corrected chi connectivity index (χ3v) is 4.61. The van der Waals surface area contributed by atoms with Crippen molar-refractivity contribution in [3.8, 4) is 0 Å². The molecule has 5 heteroatoms. The van der Waals surface area contributed by atoms with E-state index in [1.165, 1.54) is 6.07 Å². The van der Waals surface area contributed by atoms with E-state index in [1.807, 2.05) is 18.2 Å². The number of rotatable bonds is 1. The minimum Gasteiger partial charge on any atom is -0.365 e. The minimum atomic E-state index is -0.423. The fourth-order valence-electron chi connectivity index (χ4n) is 3.52. The number of halogens is 1. The van der Waals surface area contributed by atoms with Gasteiger partial charge in [-0.1, -0.05) is 24.3 Å². The quantitative estimate of drug-likeness (QED) is 0.868. The number of carbonyl (C=O) groups is 1. The molecule has 2 aromatic rings. The molecule has 2 heterocycles. The van der Waals surface area contributed by atoms with Crippen molar-refractivity contribution >= 4 is 23.1 Å². The molecular weight excluding hydrogens is 293 g/mol. The third kappa shape index (κ3) is 2.42. The second kappa shape index (κ2) is 5.57. The highest BCUT2D eigenvalue weighted by Crippen LogP contribution is 2.39. The Bertz CT molecular complexity index is 749. The lowest BCUT2D eigenvalue weighted by atomic mass is 10.1. The number of para-hydroxylation sites is 3. The molecule has 4 nitrogen and oxygen atoms in total. The van der Waals surface area contributed by atoms with Crippen LogP contribution in [0.1, 0.15) is 12.8 Å². The molecule has 1 unspecified atom stereocenters. The number of hydrogen-bond donors (Lipinski definition) is 1. The number of amides is 2. The fourth-order valence-corrected chi connectivity index (χ4v) is 3.52. The van der Waals surface area contributed by atoms with Crippen molar-refractivity contribution in [2.45, 2.75) is 18.9 Å². The van der Waals surface area contributed by atoms with Crippen LogP contribution in [0, 0.1) is 5.82 Å². The summed E-state index contributed by atoms with van der Waals surface area (Å²) in [6.07, 6.45) is 2.22. The molecule has 1 atom stereocenters. The van der Waals surface area contributed by atoms with Gasteiger partial charge in [-0.05, 0) is 37.1 Å². The molecule has 1 fully saturated rings. The first-order chi connectivity index (χ1) is 11.2. The van der Waals surface area contributed by atoms with Gasteiger partial charge in [0.15, 0.2) is 0 Å². The second-order valence-corrected chi connectivity index (χ2v) is 6.00. The monoisotopic (exact) mass is 311 g/mol. The smallest absolute Gasteiger partial charge is 0.326 e. The van der Waals surface area contributed by atoms with E-state index in [4.69, 9.17) is 0 Å². The number of nitrogens with one attached hydrogen (secondary N) is 1. The van der Waals surface area contributed by atoms with Crippen LogP contribution in [-0.2, 0) is 0 Å². The number of benzene rings is 2. The first kappa shape index (κ1) is 14.1. The average Bonchev–Trinajstić information content (AvgIpc) is 3.05. The van der Waals surface area contributed by atoms with Crippen molar-refractivity contribution < 1.29 is 9.18 Å². The van der Waals surface area contributed by atoms with Gasteiger partial charge in [-0.3, -0.25) is 4.90 Å². The number of hydrogen-bond acceptors (Lipinski definition) is 2. The predicted octanol–water partition coefficient (Wildman–Crippen LogP) is 3.85. The molecule has 0 spiro atoms. The Hall–Kier alpha value is -2.56. The summed E-state index contributed by atoms with van der Waals surface area (Å²) in [5.41, 5.74) is 2.19. The van der Waals surface area contributed by atoms with Crippen molar-refractivity contribution in [1.29, 1.82) is 0 Å². The number of nitrogens with zero attached hydrogens (tertiary/aromatic N) is 2. The van der Waals surface area contributed by atoms with Crippen LogP contribution in [0.5, 0.6) is 0 Å². The lowest BCUT2D eigenvalue weighted by Gasteiger charge is -2.40. The largest absolute Gasteiger partial charge is 0.365 e. The average molecular weight is 311 g/mol. The van der Waals surface area contributed by atoms with E-state index >= 15 is 0 Å². The summed E-state index contributed by atoms with van der Waals surface area (Å²) in [4.78, 5) is 16.8. The SMILES string of the molecule is O=C(Nc1ccccc1F)N1CC2CCCN2c2ccccc21. The molecule has 1 saturated heterocycles. The van der Waals surface area contributed by atoms with Crippen LogP contribution in [0.3, 0.4) is 0 Å². The van der Waals surface area contributed by atoms with Crippen LogP contribution in [0.4, 0.5) is 26.2 Å². The van der Waals surface area contributed by atoms with Crippen LogP contribution in [-0.4, -0.2) is 25.2 Å². The van der Waals surface area contributed by atoms with E-state index in [0.717, 1.165) is 30.8 Å². The van der Waals surface area contributed by atoms with Gasteiger partial charge < -0.3 is 10.2 Å². The van der Waals surface area contributed by atoms with E-state index in [0.29, 0.717) is 12.6 Å². The van der Waals surface area contributed by atoms with E-state index in [1.54, 1.807) is 23.1 Å². The van der Waals surface area contributed by atoms with Crippen molar-refractivity contribution in [2.75, 3.05) is 28.2 Å². The Morgan fingerprint density at radius 3 is 2.65 bits per heavy atom. The highest BCUT2D eigenvalue weighted by Gasteiger charge is 2.36. The molecule has 4 rings (SSSR count). The molecule has 0 saturated carbocycles. The van der Waals surface area contributed by atoms with Crippen LogP contribution >= 0.6 is 0 Å². The van der Waals surface area contributed by atoms with Crippen LogP contribution in [0.25, 0.3) is 0 Å². The van der Waals surface area contributed by atoms with Gasteiger partial charge in [0.2, 0.25) is 0 Å². The maximum atomic E-state index is 13.8. The molecule has 0 bridgehead atoms. The normalized spacial score (nSPS) is 19.3. The minimum absolute atomic E-state index is 0.212. The van der Waals surface area contributed by atoms with Gasteiger partial charge in [0.25, 0.3) is 0 Å². The van der Waals surface area contributed by atoms with Crippen molar-refractivity contribution in [3.05, 3.63) is 54.3 Å². The van der Waals surface area contributed by atoms with E-state index in [-0.39, 0.29) is 11.7 Å². The summed E-state index contributed by atoms with van der Waals surface area (Å²) in [6, 6.07) is 14.2. The Morgan fingerprint density at radius 2 is 1.83 bits per heavy atom. The molecule has 0 radical (unpaired) electrons. The van der Waals surface area contributed by atoms with E-state index in [2.05, 4.69) is 16.3 Å². The predicted molar refractivity (Wildman–Crippen MR) is 89.6 cm³/mol. The summed E-state index contributed by atoms with van der Waals surface area (Å²) >= 11 is 0. The maximum absolute atomic E-state index is 13.8. The maximum Gasteiger partial charge on any atom is 0.326 e. The van der Waals surface area contributed by atoms with Crippen molar-refractivity contribution in [2.24, 2.45) is 0 Å². The molecule has 0 aromatic heterocycles. The second-order valence-electron chi connectivity index (χ2n) is 6.00. The molecule has 2 aliphatic heterocycles.